The lowest BCUT2D eigenvalue weighted by molar-refractivity contribution is -0.119. The Morgan fingerprint density at radius 1 is 1.06 bits per heavy atom. The number of nitrogens with one attached hydrogen (secondary N) is 1. The second-order valence-electron chi connectivity index (χ2n) is 7.46. The molecule has 180 valence electrons. The monoisotopic (exact) mass is 542 g/mol. The summed E-state index contributed by atoms with van der Waals surface area (Å²) in [6.07, 6.45) is 1.69. The average molecular weight is 543 g/mol. The highest BCUT2D eigenvalue weighted by Gasteiger charge is 2.27. The molecule has 1 aliphatic rings. The summed E-state index contributed by atoms with van der Waals surface area (Å²) in [6.45, 7) is 0.472. The molecule has 0 atom stereocenters. The molecule has 34 heavy (non-hydrogen) atoms. The summed E-state index contributed by atoms with van der Waals surface area (Å²) < 4.78 is 37.5. The summed E-state index contributed by atoms with van der Waals surface area (Å²) in [5.41, 5.74) is 0.375. The van der Waals surface area contributed by atoms with Gasteiger partial charge in [0.05, 0.1) is 21.7 Å². The number of carbonyl (C=O) groups is 2. The van der Waals surface area contributed by atoms with Crippen LogP contribution in [0.25, 0.3) is 10.1 Å². The molecule has 1 aromatic heterocycles. The number of benzene rings is 2. The maximum absolute atomic E-state index is 12.6. The van der Waals surface area contributed by atoms with Crippen LogP contribution >= 0.6 is 34.5 Å². The molecule has 0 unspecified atom stereocenters. The number of halogens is 2. The molecule has 0 spiro atoms. The fourth-order valence-electron chi connectivity index (χ4n) is 3.55. The fraction of sp³-hybridized carbons (Fsp3) is 0.273. The van der Waals surface area contributed by atoms with Crippen molar-refractivity contribution in [1.82, 2.24) is 4.31 Å². The van der Waals surface area contributed by atoms with Crippen LogP contribution in [0.15, 0.2) is 41.3 Å². The first-order valence-corrected chi connectivity index (χ1v) is 13.3. The molecule has 2 heterocycles. The van der Waals surface area contributed by atoms with E-state index >= 15 is 0 Å². The van der Waals surface area contributed by atoms with Crippen molar-refractivity contribution >= 4 is 72.2 Å². The number of hydrogen-bond donors (Lipinski definition) is 1. The Bertz CT molecular complexity index is 1350. The first-order chi connectivity index (χ1) is 16.2. The highest BCUT2D eigenvalue weighted by atomic mass is 35.5. The molecular weight excluding hydrogens is 523 g/mol. The van der Waals surface area contributed by atoms with E-state index in [4.69, 9.17) is 32.7 Å². The largest absolute Gasteiger partial charge is 0.495 e. The third-order valence-electron chi connectivity index (χ3n) is 5.28. The third-order valence-corrected chi connectivity index (χ3v) is 9.39. The molecule has 12 heteroatoms. The Labute approximate surface area is 210 Å². The molecule has 1 N–H and O–H groups in total. The quantitative estimate of drug-likeness (QED) is 0.430. The van der Waals surface area contributed by atoms with Gasteiger partial charge in [-0.1, -0.05) is 23.2 Å². The molecule has 2 aromatic carbocycles. The van der Waals surface area contributed by atoms with Gasteiger partial charge in [0.15, 0.2) is 6.61 Å². The Kier molecular flexibility index (Phi) is 7.34. The molecule has 1 aliphatic heterocycles. The van der Waals surface area contributed by atoms with Gasteiger partial charge < -0.3 is 14.8 Å². The fourth-order valence-corrected chi connectivity index (χ4v) is 6.85. The third kappa shape index (κ3) is 4.87. The van der Waals surface area contributed by atoms with Gasteiger partial charge in [-0.15, -0.1) is 11.3 Å². The van der Waals surface area contributed by atoms with Crippen molar-refractivity contribution in [2.75, 3.05) is 32.1 Å². The van der Waals surface area contributed by atoms with E-state index in [9.17, 15) is 18.0 Å². The molecule has 0 saturated carbocycles. The Morgan fingerprint density at radius 3 is 2.38 bits per heavy atom. The summed E-state index contributed by atoms with van der Waals surface area (Å²) >= 11 is 13.7. The van der Waals surface area contributed by atoms with Crippen LogP contribution in [-0.4, -0.2) is 51.4 Å². The normalized spacial score (nSPS) is 14.3. The molecular formula is C22H20Cl2N2O6S2. The van der Waals surface area contributed by atoms with Crippen molar-refractivity contribution in [3.05, 3.63) is 51.3 Å². The number of rotatable bonds is 7. The van der Waals surface area contributed by atoms with E-state index in [1.54, 1.807) is 12.1 Å². The van der Waals surface area contributed by atoms with Crippen LogP contribution in [0.1, 0.15) is 22.5 Å². The zero-order valence-corrected chi connectivity index (χ0v) is 21.1. The van der Waals surface area contributed by atoms with Crippen molar-refractivity contribution in [3.8, 4) is 5.75 Å². The minimum atomic E-state index is -3.54. The molecule has 8 nitrogen and oxygen atoms in total. The number of methoxy groups -OCH3 is 1. The van der Waals surface area contributed by atoms with E-state index in [-0.39, 0.29) is 14.8 Å². The second kappa shape index (κ2) is 10.1. The van der Waals surface area contributed by atoms with Crippen LogP contribution in [0.3, 0.4) is 0 Å². The van der Waals surface area contributed by atoms with E-state index in [1.807, 2.05) is 0 Å². The molecule has 0 radical (unpaired) electrons. The zero-order chi connectivity index (χ0) is 24.5. The van der Waals surface area contributed by atoms with Crippen LogP contribution in [0.5, 0.6) is 5.75 Å². The van der Waals surface area contributed by atoms with Crippen molar-refractivity contribution < 1.29 is 27.5 Å². The van der Waals surface area contributed by atoms with Gasteiger partial charge in [0, 0.05) is 24.2 Å². The molecule has 1 amide bonds. The number of ether oxygens (including phenoxy) is 2. The van der Waals surface area contributed by atoms with Crippen LogP contribution in [0.2, 0.25) is 10.0 Å². The summed E-state index contributed by atoms with van der Waals surface area (Å²) in [4.78, 5) is 25.1. The highest BCUT2D eigenvalue weighted by Crippen LogP contribution is 2.43. The van der Waals surface area contributed by atoms with Crippen LogP contribution in [0.4, 0.5) is 5.69 Å². The minimum Gasteiger partial charge on any atom is -0.495 e. The molecule has 1 saturated heterocycles. The number of esters is 1. The predicted octanol–water partition coefficient (Wildman–Crippen LogP) is 4.80. The topological polar surface area (TPSA) is 102 Å². The van der Waals surface area contributed by atoms with Gasteiger partial charge in [-0.2, -0.15) is 4.31 Å². The van der Waals surface area contributed by atoms with Gasteiger partial charge in [0.25, 0.3) is 5.91 Å². The van der Waals surface area contributed by atoms with E-state index in [2.05, 4.69) is 5.32 Å². The number of amides is 1. The van der Waals surface area contributed by atoms with E-state index < -0.39 is 28.5 Å². The maximum Gasteiger partial charge on any atom is 0.350 e. The molecule has 3 aromatic rings. The number of nitrogens with zero attached hydrogens (tertiary/aromatic N) is 1. The van der Waals surface area contributed by atoms with Gasteiger partial charge in [-0.25, -0.2) is 13.2 Å². The van der Waals surface area contributed by atoms with Gasteiger partial charge in [-0.3, -0.25) is 4.79 Å². The van der Waals surface area contributed by atoms with Crippen molar-refractivity contribution in [3.63, 3.8) is 0 Å². The van der Waals surface area contributed by atoms with Crippen molar-refractivity contribution in [2.45, 2.75) is 17.7 Å². The lowest BCUT2D eigenvalue weighted by Gasteiger charge is -2.15. The highest BCUT2D eigenvalue weighted by molar-refractivity contribution is 7.89. The van der Waals surface area contributed by atoms with Crippen LogP contribution in [-0.2, 0) is 19.6 Å². The smallest absolute Gasteiger partial charge is 0.350 e. The van der Waals surface area contributed by atoms with Crippen LogP contribution in [0, 0.1) is 0 Å². The standard InChI is InChI=1S/C22H20Cl2N2O6S2/c1-31-16-9-8-15-18(23)21(33-20(15)19(16)24)22(28)32-12-17(27)25-13-4-6-14(7-5-13)34(29,30)26-10-2-3-11-26/h4-9H,2-3,10-12H2,1H3,(H,25,27). The van der Waals surface area contributed by atoms with Crippen molar-refractivity contribution in [1.29, 1.82) is 0 Å². The second-order valence-corrected chi connectivity index (χ2v) is 11.2. The van der Waals surface area contributed by atoms with E-state index in [1.165, 1.54) is 35.7 Å². The first kappa shape index (κ1) is 24.7. The summed E-state index contributed by atoms with van der Waals surface area (Å²) in [7, 11) is -2.05. The molecule has 4 rings (SSSR count). The van der Waals surface area contributed by atoms with Crippen molar-refractivity contribution in [2.24, 2.45) is 0 Å². The lowest BCUT2D eigenvalue weighted by atomic mass is 10.2. The molecule has 0 bridgehead atoms. The lowest BCUT2D eigenvalue weighted by Crippen LogP contribution is -2.27. The van der Waals surface area contributed by atoms with Gasteiger partial charge >= 0.3 is 5.97 Å². The molecule has 0 aliphatic carbocycles. The predicted molar refractivity (Wildman–Crippen MR) is 132 cm³/mol. The number of carbonyl (C=O) groups excluding carboxylic acids is 2. The van der Waals surface area contributed by atoms with Gasteiger partial charge in [0.2, 0.25) is 10.0 Å². The summed E-state index contributed by atoms with van der Waals surface area (Å²) in [5, 5.41) is 3.67. The Balaban J connectivity index is 1.38. The first-order valence-electron chi connectivity index (χ1n) is 10.2. The maximum atomic E-state index is 12.6. The van der Waals surface area contributed by atoms with E-state index in [0.29, 0.717) is 39.6 Å². The summed E-state index contributed by atoms with van der Waals surface area (Å²) in [5.74, 6) is -0.894. The van der Waals surface area contributed by atoms with Crippen LogP contribution < -0.4 is 10.1 Å². The average Bonchev–Trinajstić information content (AvgIpc) is 3.48. The number of thiophene rings is 1. The van der Waals surface area contributed by atoms with Gasteiger partial charge in [0.1, 0.15) is 15.6 Å². The van der Waals surface area contributed by atoms with Gasteiger partial charge in [-0.05, 0) is 49.2 Å². The molecule has 1 fully saturated rings. The number of hydrogen-bond acceptors (Lipinski definition) is 7. The number of fused-ring (bicyclic) bond motifs is 1. The number of anilines is 1. The SMILES string of the molecule is COc1ccc2c(Cl)c(C(=O)OCC(=O)Nc3ccc(S(=O)(=O)N4CCCC4)cc3)sc2c1Cl. The number of sulfonamides is 1. The Morgan fingerprint density at radius 2 is 1.74 bits per heavy atom. The minimum absolute atomic E-state index is 0.121. The zero-order valence-electron chi connectivity index (χ0n) is 18.0. The Hall–Kier alpha value is -2.37. The van der Waals surface area contributed by atoms with E-state index in [0.717, 1.165) is 24.2 Å². The summed E-state index contributed by atoms with van der Waals surface area (Å²) in [6, 6.07) is 9.18.